The molecule has 3 nitrogen and oxygen atoms in total. The van der Waals surface area contributed by atoms with E-state index in [-0.39, 0.29) is 0 Å². The van der Waals surface area contributed by atoms with Gasteiger partial charge >= 0.3 is 0 Å². The van der Waals surface area contributed by atoms with Crippen molar-refractivity contribution in [2.75, 3.05) is 26.3 Å². The van der Waals surface area contributed by atoms with Crippen LogP contribution in [-0.2, 0) is 4.74 Å². The second-order valence-electron chi connectivity index (χ2n) is 3.45. The topological polar surface area (TPSA) is 24.8 Å². The fraction of sp³-hybridized carbons (Fsp3) is 0.364. The zero-order valence-electron chi connectivity index (χ0n) is 8.70. The number of morpholine rings is 1. The first-order valence-electron chi connectivity index (χ1n) is 5.08. The molecular weight excluding hydrogens is 247 g/mol. The van der Waals surface area contributed by atoms with Crippen molar-refractivity contribution in [3.8, 4) is 0 Å². The smallest absolute Gasteiger partial charge is 0.0659 e. The van der Waals surface area contributed by atoms with E-state index in [0.717, 1.165) is 18.7 Å². The Morgan fingerprint density at radius 2 is 1.81 bits per heavy atom. The molecule has 2 rings (SSSR count). The van der Waals surface area contributed by atoms with Crippen LogP contribution in [0.15, 0.2) is 23.3 Å². The van der Waals surface area contributed by atoms with Crippen molar-refractivity contribution in [3.05, 3.63) is 33.8 Å². The van der Waals surface area contributed by atoms with Gasteiger partial charge in [-0.1, -0.05) is 29.3 Å². The Morgan fingerprint density at radius 3 is 2.44 bits per heavy atom. The molecule has 16 heavy (non-hydrogen) atoms. The van der Waals surface area contributed by atoms with E-state index in [9.17, 15) is 0 Å². The second-order valence-corrected chi connectivity index (χ2v) is 4.26. The second kappa shape index (κ2) is 5.53. The van der Waals surface area contributed by atoms with Crippen molar-refractivity contribution < 1.29 is 4.74 Å². The van der Waals surface area contributed by atoms with Crippen molar-refractivity contribution in [2.24, 2.45) is 5.10 Å². The number of hydrogen-bond donors (Lipinski definition) is 0. The molecule has 1 aliphatic heterocycles. The summed E-state index contributed by atoms with van der Waals surface area (Å²) in [5, 5.41) is 7.51. The van der Waals surface area contributed by atoms with Crippen molar-refractivity contribution in [2.45, 2.75) is 0 Å². The monoisotopic (exact) mass is 258 g/mol. The highest BCUT2D eigenvalue weighted by molar-refractivity contribution is 6.38. The number of hydrogen-bond acceptors (Lipinski definition) is 3. The molecule has 1 saturated heterocycles. The van der Waals surface area contributed by atoms with Gasteiger partial charge in [0.05, 0.1) is 42.6 Å². The Bertz CT molecular complexity index is 369. The predicted molar refractivity (Wildman–Crippen MR) is 66.4 cm³/mol. The first-order valence-corrected chi connectivity index (χ1v) is 5.83. The molecule has 0 atom stereocenters. The third kappa shape index (κ3) is 2.88. The van der Waals surface area contributed by atoms with E-state index in [1.165, 1.54) is 0 Å². The highest BCUT2D eigenvalue weighted by atomic mass is 35.5. The van der Waals surface area contributed by atoms with Gasteiger partial charge in [-0.05, 0) is 12.1 Å². The van der Waals surface area contributed by atoms with Gasteiger partial charge in [0.15, 0.2) is 0 Å². The number of halogens is 2. The van der Waals surface area contributed by atoms with Crippen LogP contribution in [-0.4, -0.2) is 37.5 Å². The molecule has 0 unspecified atom stereocenters. The van der Waals surface area contributed by atoms with Crippen LogP contribution in [0.4, 0.5) is 0 Å². The van der Waals surface area contributed by atoms with Gasteiger partial charge in [-0.3, -0.25) is 5.01 Å². The van der Waals surface area contributed by atoms with E-state index in [4.69, 9.17) is 27.9 Å². The van der Waals surface area contributed by atoms with Gasteiger partial charge in [0.1, 0.15) is 0 Å². The van der Waals surface area contributed by atoms with Crippen LogP contribution < -0.4 is 0 Å². The van der Waals surface area contributed by atoms with E-state index in [0.29, 0.717) is 23.3 Å². The Morgan fingerprint density at radius 1 is 1.19 bits per heavy atom. The number of hydrazone groups is 1. The molecule has 0 amide bonds. The van der Waals surface area contributed by atoms with Gasteiger partial charge in [-0.2, -0.15) is 5.10 Å². The number of benzene rings is 1. The molecule has 1 aromatic carbocycles. The van der Waals surface area contributed by atoms with Crippen molar-refractivity contribution in [1.29, 1.82) is 0 Å². The van der Waals surface area contributed by atoms with Gasteiger partial charge in [-0.15, -0.1) is 0 Å². The van der Waals surface area contributed by atoms with E-state index in [1.807, 2.05) is 11.1 Å². The van der Waals surface area contributed by atoms with Crippen molar-refractivity contribution in [3.63, 3.8) is 0 Å². The summed E-state index contributed by atoms with van der Waals surface area (Å²) in [5.41, 5.74) is 0.761. The molecule has 1 heterocycles. The molecule has 0 saturated carbocycles. The zero-order chi connectivity index (χ0) is 11.4. The van der Waals surface area contributed by atoms with Crippen molar-refractivity contribution in [1.82, 2.24) is 5.01 Å². The first-order chi connectivity index (χ1) is 7.77. The molecule has 0 N–H and O–H groups in total. The highest BCUT2D eigenvalue weighted by Crippen LogP contribution is 2.22. The van der Waals surface area contributed by atoms with Gasteiger partial charge < -0.3 is 4.74 Å². The predicted octanol–water partition coefficient (Wildman–Crippen LogP) is 2.66. The summed E-state index contributed by atoms with van der Waals surface area (Å²) in [5.74, 6) is 0. The summed E-state index contributed by atoms with van der Waals surface area (Å²) >= 11 is 12.1. The summed E-state index contributed by atoms with van der Waals surface area (Å²) in [7, 11) is 0. The average Bonchev–Trinajstić information content (AvgIpc) is 2.30. The molecule has 0 radical (unpaired) electrons. The fourth-order valence-electron chi connectivity index (χ4n) is 1.44. The van der Waals surface area contributed by atoms with Gasteiger partial charge in [0.25, 0.3) is 0 Å². The lowest BCUT2D eigenvalue weighted by atomic mass is 10.2. The van der Waals surface area contributed by atoms with Gasteiger partial charge in [0.2, 0.25) is 0 Å². The minimum atomic E-state index is 0.615. The van der Waals surface area contributed by atoms with Crippen LogP contribution >= 0.6 is 23.2 Å². The Balaban J connectivity index is 2.10. The van der Waals surface area contributed by atoms with Crippen LogP contribution in [0.3, 0.4) is 0 Å². The van der Waals surface area contributed by atoms with Crippen LogP contribution in [0, 0.1) is 0 Å². The van der Waals surface area contributed by atoms with E-state index < -0.39 is 0 Å². The lowest BCUT2D eigenvalue weighted by molar-refractivity contribution is 0.0397. The van der Waals surface area contributed by atoms with Gasteiger partial charge in [0, 0.05) is 5.56 Å². The minimum absolute atomic E-state index is 0.615. The number of rotatable bonds is 2. The van der Waals surface area contributed by atoms with Crippen LogP contribution in [0.5, 0.6) is 0 Å². The Kier molecular flexibility index (Phi) is 4.04. The maximum atomic E-state index is 6.03. The van der Waals surface area contributed by atoms with Crippen LogP contribution in [0.2, 0.25) is 10.0 Å². The molecule has 0 bridgehead atoms. The molecule has 0 spiro atoms. The highest BCUT2D eigenvalue weighted by Gasteiger charge is 2.07. The quantitative estimate of drug-likeness (QED) is 0.763. The summed E-state index contributed by atoms with van der Waals surface area (Å²) in [4.78, 5) is 0. The third-order valence-corrected chi connectivity index (χ3v) is 3.00. The lowest BCUT2D eigenvalue weighted by Crippen LogP contribution is -2.32. The SMILES string of the molecule is Clc1cccc(Cl)c1/C=N\N1CCOCC1. The average molecular weight is 259 g/mol. The molecule has 1 aliphatic rings. The van der Waals surface area contributed by atoms with Crippen LogP contribution in [0.25, 0.3) is 0 Å². The van der Waals surface area contributed by atoms with E-state index in [1.54, 1.807) is 18.3 Å². The summed E-state index contributed by atoms with van der Waals surface area (Å²) < 4.78 is 5.23. The van der Waals surface area contributed by atoms with E-state index >= 15 is 0 Å². The summed E-state index contributed by atoms with van der Waals surface area (Å²) in [6, 6.07) is 5.42. The fourth-order valence-corrected chi connectivity index (χ4v) is 1.94. The Labute approximate surface area is 105 Å². The summed E-state index contributed by atoms with van der Waals surface area (Å²) in [6.45, 7) is 3.04. The molecule has 86 valence electrons. The normalized spacial score (nSPS) is 17.0. The minimum Gasteiger partial charge on any atom is -0.378 e. The maximum Gasteiger partial charge on any atom is 0.0659 e. The summed E-state index contributed by atoms with van der Waals surface area (Å²) in [6.07, 6.45) is 1.70. The third-order valence-electron chi connectivity index (χ3n) is 2.34. The zero-order valence-corrected chi connectivity index (χ0v) is 10.2. The van der Waals surface area contributed by atoms with Crippen molar-refractivity contribution >= 4 is 29.4 Å². The number of nitrogens with zero attached hydrogens (tertiary/aromatic N) is 2. The molecule has 1 fully saturated rings. The molecular formula is C11H12Cl2N2O. The molecule has 1 aromatic rings. The largest absolute Gasteiger partial charge is 0.378 e. The molecule has 0 aliphatic carbocycles. The molecule has 0 aromatic heterocycles. The number of ether oxygens (including phenoxy) is 1. The molecule has 5 heteroatoms. The Hall–Kier alpha value is -0.770. The maximum absolute atomic E-state index is 6.03. The van der Waals surface area contributed by atoms with E-state index in [2.05, 4.69) is 5.10 Å². The van der Waals surface area contributed by atoms with Crippen LogP contribution in [0.1, 0.15) is 5.56 Å². The van der Waals surface area contributed by atoms with Gasteiger partial charge in [-0.25, -0.2) is 0 Å². The first kappa shape index (κ1) is 11.7. The lowest BCUT2D eigenvalue weighted by Gasteiger charge is -2.23. The standard InChI is InChI=1S/C11H12Cl2N2O/c12-10-2-1-3-11(13)9(10)8-14-15-4-6-16-7-5-15/h1-3,8H,4-7H2/b14-8-.